The first kappa shape index (κ1) is 12.5. The fourth-order valence-corrected chi connectivity index (χ4v) is 1.27. The van der Waals surface area contributed by atoms with Crippen molar-refractivity contribution in [2.24, 2.45) is 12.5 Å². The van der Waals surface area contributed by atoms with Crippen molar-refractivity contribution in [2.45, 2.75) is 27.2 Å². The molecule has 0 saturated carbocycles. The number of hydrogen-bond donors (Lipinski definition) is 2. The molecule has 5 nitrogen and oxygen atoms in total. The highest BCUT2D eigenvalue weighted by atomic mass is 16.1. The van der Waals surface area contributed by atoms with Crippen molar-refractivity contribution in [2.75, 3.05) is 12.3 Å². The van der Waals surface area contributed by atoms with Gasteiger partial charge in [0.1, 0.15) is 11.4 Å². The molecular formula is C11H20N4O. The first-order valence-corrected chi connectivity index (χ1v) is 5.37. The van der Waals surface area contributed by atoms with E-state index in [4.69, 9.17) is 5.73 Å². The molecule has 3 N–H and O–H groups in total. The topological polar surface area (TPSA) is 72.9 Å². The maximum absolute atomic E-state index is 11.7. The van der Waals surface area contributed by atoms with E-state index in [1.807, 2.05) is 0 Å². The number of carbonyl (C=O) groups excluding carboxylic acids is 1. The van der Waals surface area contributed by atoms with Crippen LogP contribution >= 0.6 is 0 Å². The number of hydrogen-bond acceptors (Lipinski definition) is 3. The van der Waals surface area contributed by atoms with Gasteiger partial charge >= 0.3 is 0 Å². The predicted molar refractivity (Wildman–Crippen MR) is 64.0 cm³/mol. The summed E-state index contributed by atoms with van der Waals surface area (Å²) in [5, 5.41) is 6.76. The van der Waals surface area contributed by atoms with Crippen LogP contribution in [0.1, 0.15) is 37.6 Å². The minimum Gasteiger partial charge on any atom is -0.383 e. The zero-order valence-corrected chi connectivity index (χ0v) is 10.4. The van der Waals surface area contributed by atoms with Crippen LogP contribution in [0.4, 0.5) is 5.82 Å². The zero-order chi connectivity index (χ0) is 12.3. The number of carbonyl (C=O) groups is 1. The maximum Gasteiger partial charge on any atom is 0.256 e. The zero-order valence-electron chi connectivity index (χ0n) is 10.4. The van der Waals surface area contributed by atoms with E-state index in [9.17, 15) is 4.79 Å². The molecule has 0 fully saturated rings. The second-order valence-corrected chi connectivity index (χ2v) is 5.13. The molecule has 0 unspecified atom stereocenters. The second-order valence-electron chi connectivity index (χ2n) is 5.13. The molecule has 0 bridgehead atoms. The average molecular weight is 224 g/mol. The first-order chi connectivity index (χ1) is 7.31. The Morgan fingerprint density at radius 3 is 2.62 bits per heavy atom. The molecule has 1 aromatic rings. The van der Waals surface area contributed by atoms with Gasteiger partial charge in [0.15, 0.2) is 0 Å². The van der Waals surface area contributed by atoms with Gasteiger partial charge in [-0.25, -0.2) is 0 Å². The first-order valence-electron chi connectivity index (χ1n) is 5.37. The Bertz CT molecular complexity index is 376. The number of amides is 1. The van der Waals surface area contributed by atoms with Gasteiger partial charge in [-0.3, -0.25) is 9.48 Å². The van der Waals surface area contributed by atoms with Crippen molar-refractivity contribution in [3.63, 3.8) is 0 Å². The number of rotatable bonds is 3. The highest BCUT2D eigenvalue weighted by molar-refractivity contribution is 5.98. The van der Waals surface area contributed by atoms with E-state index in [1.165, 1.54) is 10.9 Å². The normalized spacial score (nSPS) is 11.5. The lowest BCUT2D eigenvalue weighted by molar-refractivity contribution is 0.0950. The number of aromatic nitrogens is 2. The summed E-state index contributed by atoms with van der Waals surface area (Å²) in [6.07, 6.45) is 2.42. The van der Waals surface area contributed by atoms with Crippen LogP contribution in [-0.2, 0) is 7.05 Å². The fraction of sp³-hybridized carbons (Fsp3) is 0.636. The van der Waals surface area contributed by atoms with Crippen molar-refractivity contribution in [3.05, 3.63) is 11.8 Å². The molecule has 0 radical (unpaired) electrons. The Hall–Kier alpha value is -1.52. The van der Waals surface area contributed by atoms with Crippen LogP contribution in [-0.4, -0.2) is 22.2 Å². The van der Waals surface area contributed by atoms with Crippen molar-refractivity contribution in [3.8, 4) is 0 Å². The molecular weight excluding hydrogens is 204 g/mol. The lowest BCUT2D eigenvalue weighted by Gasteiger charge is -2.17. The number of nitrogens with zero attached hydrogens (tertiary/aromatic N) is 2. The third-order valence-electron chi connectivity index (χ3n) is 2.39. The average Bonchev–Trinajstić information content (AvgIpc) is 2.45. The maximum atomic E-state index is 11.7. The minimum absolute atomic E-state index is 0.158. The van der Waals surface area contributed by atoms with E-state index in [-0.39, 0.29) is 11.3 Å². The van der Waals surface area contributed by atoms with Crippen LogP contribution in [0.15, 0.2) is 6.20 Å². The monoisotopic (exact) mass is 224 g/mol. The van der Waals surface area contributed by atoms with Gasteiger partial charge < -0.3 is 11.1 Å². The summed E-state index contributed by atoms with van der Waals surface area (Å²) in [5.41, 5.74) is 6.36. The van der Waals surface area contributed by atoms with Gasteiger partial charge in [0.25, 0.3) is 5.91 Å². The highest BCUT2D eigenvalue weighted by Gasteiger charge is 2.15. The molecule has 0 aromatic carbocycles. The van der Waals surface area contributed by atoms with Crippen LogP contribution < -0.4 is 11.1 Å². The summed E-state index contributed by atoms with van der Waals surface area (Å²) < 4.78 is 1.48. The number of aryl methyl sites for hydroxylation is 1. The van der Waals surface area contributed by atoms with Crippen LogP contribution in [0.3, 0.4) is 0 Å². The van der Waals surface area contributed by atoms with Crippen LogP contribution in [0.2, 0.25) is 0 Å². The molecule has 16 heavy (non-hydrogen) atoms. The van der Waals surface area contributed by atoms with Crippen LogP contribution in [0, 0.1) is 5.41 Å². The van der Waals surface area contributed by atoms with E-state index < -0.39 is 0 Å². The van der Waals surface area contributed by atoms with E-state index in [0.717, 1.165) is 6.42 Å². The highest BCUT2D eigenvalue weighted by Crippen LogP contribution is 2.17. The molecule has 0 atom stereocenters. The van der Waals surface area contributed by atoms with E-state index >= 15 is 0 Å². The lowest BCUT2D eigenvalue weighted by atomic mass is 9.92. The number of nitrogens with one attached hydrogen (secondary N) is 1. The lowest BCUT2D eigenvalue weighted by Crippen LogP contribution is -2.27. The molecule has 0 saturated heterocycles. The quantitative estimate of drug-likeness (QED) is 0.809. The summed E-state index contributed by atoms with van der Waals surface area (Å²) in [7, 11) is 1.71. The third kappa shape index (κ3) is 3.25. The minimum atomic E-state index is -0.158. The number of nitrogens with two attached hydrogens (primary N) is 1. The molecule has 0 aliphatic carbocycles. The Morgan fingerprint density at radius 1 is 1.56 bits per heavy atom. The molecule has 0 aliphatic heterocycles. The van der Waals surface area contributed by atoms with Crippen LogP contribution in [0.5, 0.6) is 0 Å². The molecule has 90 valence electrons. The SMILES string of the molecule is Cn1ncc(C(=O)NCCC(C)(C)C)c1N. The van der Waals surface area contributed by atoms with Gasteiger partial charge in [-0.15, -0.1) is 0 Å². The summed E-state index contributed by atoms with van der Waals surface area (Å²) >= 11 is 0. The van der Waals surface area contributed by atoms with Gasteiger partial charge in [-0.1, -0.05) is 20.8 Å². The molecule has 5 heteroatoms. The fourth-order valence-electron chi connectivity index (χ4n) is 1.27. The van der Waals surface area contributed by atoms with Crippen LogP contribution in [0.25, 0.3) is 0 Å². The van der Waals surface area contributed by atoms with Crippen molar-refractivity contribution in [1.82, 2.24) is 15.1 Å². The van der Waals surface area contributed by atoms with Gasteiger partial charge in [0.2, 0.25) is 0 Å². The van der Waals surface area contributed by atoms with Gasteiger partial charge in [-0.2, -0.15) is 5.10 Å². The Morgan fingerprint density at radius 2 is 2.19 bits per heavy atom. The third-order valence-corrected chi connectivity index (χ3v) is 2.39. The predicted octanol–water partition coefficient (Wildman–Crippen LogP) is 1.17. The Labute approximate surface area is 96.0 Å². The molecule has 1 rings (SSSR count). The Balaban J connectivity index is 2.51. The van der Waals surface area contributed by atoms with E-state index in [1.54, 1.807) is 7.05 Å². The smallest absolute Gasteiger partial charge is 0.256 e. The van der Waals surface area contributed by atoms with Gasteiger partial charge in [0, 0.05) is 13.6 Å². The summed E-state index contributed by atoms with van der Waals surface area (Å²) in [6, 6.07) is 0. The Kier molecular flexibility index (Phi) is 3.57. The summed E-state index contributed by atoms with van der Waals surface area (Å²) in [5.74, 6) is 0.239. The standard InChI is InChI=1S/C11H20N4O/c1-11(2,3)5-6-13-10(16)8-7-14-15(4)9(8)12/h7H,5-6,12H2,1-4H3,(H,13,16). The molecule has 0 spiro atoms. The summed E-state index contributed by atoms with van der Waals surface area (Å²) in [4.78, 5) is 11.7. The molecule has 1 amide bonds. The van der Waals surface area contributed by atoms with E-state index in [0.29, 0.717) is 17.9 Å². The number of nitrogen functional groups attached to an aromatic ring is 1. The largest absolute Gasteiger partial charge is 0.383 e. The van der Waals surface area contributed by atoms with Gasteiger partial charge in [0.05, 0.1) is 6.20 Å². The second kappa shape index (κ2) is 4.55. The molecule has 1 heterocycles. The van der Waals surface area contributed by atoms with Gasteiger partial charge in [-0.05, 0) is 11.8 Å². The van der Waals surface area contributed by atoms with Crippen molar-refractivity contribution < 1.29 is 4.79 Å². The molecule has 0 aliphatic rings. The van der Waals surface area contributed by atoms with Crippen molar-refractivity contribution in [1.29, 1.82) is 0 Å². The molecule has 1 aromatic heterocycles. The van der Waals surface area contributed by atoms with Crippen molar-refractivity contribution >= 4 is 11.7 Å². The van der Waals surface area contributed by atoms with E-state index in [2.05, 4.69) is 31.2 Å². The number of anilines is 1. The summed E-state index contributed by atoms with van der Waals surface area (Å²) in [6.45, 7) is 7.06.